The lowest BCUT2D eigenvalue weighted by molar-refractivity contribution is -0.305. The molecule has 1 heterocycles. The molecule has 51 heavy (non-hydrogen) atoms. The first-order valence-electron chi connectivity index (χ1n) is 20.8. The molecule has 0 aromatic carbocycles. The Morgan fingerprint density at radius 2 is 1.04 bits per heavy atom. The van der Waals surface area contributed by atoms with Crippen molar-refractivity contribution in [2.75, 3.05) is 19.8 Å². The number of carbonyl (C=O) groups excluding carboxylic acids is 2. The van der Waals surface area contributed by atoms with E-state index in [9.17, 15) is 30.0 Å². The Morgan fingerprint density at radius 3 is 1.53 bits per heavy atom. The van der Waals surface area contributed by atoms with Crippen molar-refractivity contribution in [2.45, 2.75) is 218 Å². The molecular formula is C41H76O10. The van der Waals surface area contributed by atoms with Crippen molar-refractivity contribution < 1.29 is 49.0 Å². The molecule has 6 unspecified atom stereocenters. The van der Waals surface area contributed by atoms with Gasteiger partial charge in [0.15, 0.2) is 12.4 Å². The third-order valence-electron chi connectivity index (χ3n) is 9.65. The Kier molecular flexibility index (Phi) is 30.7. The Hall–Kier alpha value is -1.56. The number of rotatable bonds is 34. The van der Waals surface area contributed by atoms with Gasteiger partial charge >= 0.3 is 11.9 Å². The highest BCUT2D eigenvalue weighted by atomic mass is 16.7. The molecule has 1 saturated heterocycles. The number of carbonyl (C=O) groups is 2. The van der Waals surface area contributed by atoms with Crippen LogP contribution in [0.4, 0.5) is 0 Å². The minimum absolute atomic E-state index is 0.216. The van der Waals surface area contributed by atoms with Crippen LogP contribution in [-0.2, 0) is 28.5 Å². The first-order chi connectivity index (χ1) is 24.8. The molecule has 1 aliphatic rings. The fourth-order valence-electron chi connectivity index (χ4n) is 6.30. The van der Waals surface area contributed by atoms with Crippen molar-refractivity contribution in [3.05, 3.63) is 12.2 Å². The van der Waals surface area contributed by atoms with Crippen molar-refractivity contribution in [3.63, 3.8) is 0 Å². The van der Waals surface area contributed by atoms with Gasteiger partial charge in [-0.05, 0) is 38.5 Å². The molecule has 4 N–H and O–H groups in total. The number of hydrogen-bond donors (Lipinski definition) is 4. The summed E-state index contributed by atoms with van der Waals surface area (Å²) < 4.78 is 22.1. The van der Waals surface area contributed by atoms with E-state index < -0.39 is 49.4 Å². The summed E-state index contributed by atoms with van der Waals surface area (Å²) in [5.74, 6) is -0.811. The maximum absolute atomic E-state index is 12.7. The van der Waals surface area contributed by atoms with Gasteiger partial charge in [0.1, 0.15) is 31.0 Å². The molecule has 0 amide bonds. The van der Waals surface area contributed by atoms with E-state index in [1.54, 1.807) is 0 Å². The molecular weight excluding hydrogens is 652 g/mol. The number of allylic oxidation sites excluding steroid dienone is 2. The standard InChI is InChI=1S/C41H76O10/c1-3-5-7-9-11-13-15-17-18-20-22-24-26-28-30-37(44)50-34(33-49-41-40(47)39(46)38(45)35(31-42)51-41)32-48-36(43)29-27-25-23-21-19-16-14-12-10-8-6-4-2/h15,17,34-35,38-42,45-47H,3-14,16,18-33H2,1-2H3/b17-15-. The van der Waals surface area contributed by atoms with Crippen LogP contribution in [0.2, 0.25) is 0 Å². The van der Waals surface area contributed by atoms with Crippen molar-refractivity contribution in [3.8, 4) is 0 Å². The second-order valence-electron chi connectivity index (χ2n) is 14.4. The highest BCUT2D eigenvalue weighted by molar-refractivity contribution is 5.70. The van der Waals surface area contributed by atoms with Gasteiger partial charge in [0, 0.05) is 12.8 Å². The van der Waals surface area contributed by atoms with Gasteiger partial charge in [0.05, 0.1) is 13.2 Å². The monoisotopic (exact) mass is 729 g/mol. The van der Waals surface area contributed by atoms with Gasteiger partial charge in [0.2, 0.25) is 0 Å². The zero-order valence-corrected chi connectivity index (χ0v) is 32.4. The van der Waals surface area contributed by atoms with Gasteiger partial charge in [-0.15, -0.1) is 0 Å². The van der Waals surface area contributed by atoms with Crippen LogP contribution in [0, 0.1) is 0 Å². The molecule has 6 atom stereocenters. The Balaban J connectivity index is 2.37. The van der Waals surface area contributed by atoms with Crippen molar-refractivity contribution in [1.29, 1.82) is 0 Å². The number of unbranched alkanes of at least 4 members (excludes halogenated alkanes) is 21. The predicted molar refractivity (Wildman–Crippen MR) is 201 cm³/mol. The summed E-state index contributed by atoms with van der Waals surface area (Å²) in [6.07, 6.45) is 25.0. The summed E-state index contributed by atoms with van der Waals surface area (Å²) >= 11 is 0. The second kappa shape index (κ2) is 33.0. The average Bonchev–Trinajstić information content (AvgIpc) is 3.13. The summed E-state index contributed by atoms with van der Waals surface area (Å²) in [7, 11) is 0. The third-order valence-corrected chi connectivity index (χ3v) is 9.65. The average molecular weight is 729 g/mol. The number of hydrogen-bond acceptors (Lipinski definition) is 10. The van der Waals surface area contributed by atoms with Gasteiger partial charge < -0.3 is 39.4 Å². The van der Waals surface area contributed by atoms with Gasteiger partial charge in [-0.3, -0.25) is 9.59 Å². The third kappa shape index (κ3) is 25.2. The largest absolute Gasteiger partial charge is 0.462 e. The van der Waals surface area contributed by atoms with E-state index in [1.165, 1.54) is 96.3 Å². The van der Waals surface area contributed by atoms with Gasteiger partial charge in [-0.1, -0.05) is 142 Å². The topological polar surface area (TPSA) is 152 Å². The lowest BCUT2D eigenvalue weighted by atomic mass is 9.99. The van der Waals surface area contributed by atoms with Crippen LogP contribution >= 0.6 is 0 Å². The highest BCUT2D eigenvalue weighted by Crippen LogP contribution is 2.22. The van der Waals surface area contributed by atoms with E-state index in [4.69, 9.17) is 18.9 Å². The lowest BCUT2D eigenvalue weighted by Gasteiger charge is -2.39. The SMILES string of the molecule is CCCCCCC/C=C\CCCCCCCC(=O)OC(COC(=O)CCCCCCCCCCCCCC)COC1OC(CO)C(O)C(O)C1O. The van der Waals surface area contributed by atoms with Crippen LogP contribution in [0.3, 0.4) is 0 Å². The summed E-state index contributed by atoms with van der Waals surface area (Å²) in [6, 6.07) is 0. The van der Waals surface area contributed by atoms with Gasteiger partial charge in [0.25, 0.3) is 0 Å². The molecule has 10 heteroatoms. The van der Waals surface area contributed by atoms with E-state index in [0.717, 1.165) is 51.4 Å². The van der Waals surface area contributed by atoms with Crippen LogP contribution in [0.1, 0.15) is 181 Å². The maximum atomic E-state index is 12.7. The maximum Gasteiger partial charge on any atom is 0.306 e. The zero-order valence-electron chi connectivity index (χ0n) is 32.4. The predicted octanol–water partition coefficient (Wildman–Crippen LogP) is 8.00. The van der Waals surface area contributed by atoms with Crippen molar-refractivity contribution in [2.24, 2.45) is 0 Å². The van der Waals surface area contributed by atoms with Gasteiger partial charge in [-0.2, -0.15) is 0 Å². The quantitative estimate of drug-likeness (QED) is 0.0291. The first-order valence-corrected chi connectivity index (χ1v) is 20.8. The number of aliphatic hydroxyl groups is 4. The van der Waals surface area contributed by atoms with E-state index >= 15 is 0 Å². The minimum Gasteiger partial charge on any atom is -0.462 e. The molecule has 0 aliphatic carbocycles. The molecule has 0 bridgehead atoms. The second-order valence-corrected chi connectivity index (χ2v) is 14.4. The van der Waals surface area contributed by atoms with Crippen LogP contribution < -0.4 is 0 Å². The van der Waals surface area contributed by atoms with Crippen LogP contribution in [0.5, 0.6) is 0 Å². The van der Waals surface area contributed by atoms with E-state index in [1.807, 2.05) is 0 Å². The molecule has 10 nitrogen and oxygen atoms in total. The van der Waals surface area contributed by atoms with Crippen LogP contribution in [0.15, 0.2) is 12.2 Å². The lowest BCUT2D eigenvalue weighted by Crippen LogP contribution is -2.59. The highest BCUT2D eigenvalue weighted by Gasteiger charge is 2.44. The van der Waals surface area contributed by atoms with Crippen LogP contribution in [-0.4, -0.2) is 89.0 Å². The molecule has 1 aliphatic heterocycles. The first kappa shape index (κ1) is 47.5. The molecule has 0 saturated carbocycles. The summed E-state index contributed by atoms with van der Waals surface area (Å²) in [4.78, 5) is 25.2. The van der Waals surface area contributed by atoms with Crippen molar-refractivity contribution in [1.82, 2.24) is 0 Å². The number of ether oxygens (including phenoxy) is 4. The zero-order chi connectivity index (χ0) is 37.4. The van der Waals surface area contributed by atoms with E-state index in [0.29, 0.717) is 6.42 Å². The molecule has 0 aromatic rings. The summed E-state index contributed by atoms with van der Waals surface area (Å²) in [5.41, 5.74) is 0. The fourth-order valence-corrected chi connectivity index (χ4v) is 6.30. The Labute approximate surface area is 310 Å². The molecule has 0 spiro atoms. The Bertz CT molecular complexity index is 850. The Morgan fingerprint density at radius 1 is 0.588 bits per heavy atom. The van der Waals surface area contributed by atoms with Gasteiger partial charge in [-0.25, -0.2) is 0 Å². The van der Waals surface area contributed by atoms with E-state index in [-0.39, 0.29) is 32.0 Å². The number of aliphatic hydroxyl groups excluding tert-OH is 4. The summed E-state index contributed by atoms with van der Waals surface area (Å²) in [6.45, 7) is 3.40. The van der Waals surface area contributed by atoms with E-state index in [2.05, 4.69) is 26.0 Å². The number of esters is 2. The normalized spacial score (nSPS) is 21.3. The minimum atomic E-state index is -1.59. The molecule has 1 fully saturated rings. The molecule has 0 aromatic heterocycles. The molecule has 300 valence electrons. The fraction of sp³-hybridized carbons (Fsp3) is 0.902. The molecule has 0 radical (unpaired) electrons. The molecule has 1 rings (SSSR count). The van der Waals surface area contributed by atoms with Crippen LogP contribution in [0.25, 0.3) is 0 Å². The van der Waals surface area contributed by atoms with Crippen molar-refractivity contribution >= 4 is 11.9 Å². The summed E-state index contributed by atoms with van der Waals surface area (Å²) in [5, 5.41) is 39.9. The smallest absolute Gasteiger partial charge is 0.306 e.